The number of para-hydroxylation sites is 2. The molecule has 3 aromatic carbocycles. The maximum absolute atomic E-state index is 10.6. The summed E-state index contributed by atoms with van der Waals surface area (Å²) in [5, 5.41) is 2.31. The van der Waals surface area contributed by atoms with E-state index in [1.807, 2.05) is 12.1 Å². The quantitative estimate of drug-likeness (QED) is 0.132. The molecule has 3 unspecified atom stereocenters. The molecule has 0 radical (unpaired) electrons. The van der Waals surface area contributed by atoms with Gasteiger partial charge in [0.25, 0.3) is 0 Å². The molecule has 0 amide bonds. The first-order chi connectivity index (χ1) is 18.3. The van der Waals surface area contributed by atoms with Crippen molar-refractivity contribution in [3.05, 3.63) is 84.2 Å². The Morgan fingerprint density at radius 1 is 0.868 bits per heavy atom. The molecule has 0 saturated heterocycles. The smallest absolute Gasteiger partial charge is 0.178 e. The van der Waals surface area contributed by atoms with E-state index >= 15 is 0 Å². The molecule has 3 heterocycles. The highest BCUT2D eigenvalue weighted by molar-refractivity contribution is 6.11. The molecule has 2 aromatic heterocycles. The number of ether oxygens (including phenoxy) is 1. The maximum atomic E-state index is 10.6. The highest BCUT2D eigenvalue weighted by Crippen LogP contribution is 2.56. The minimum atomic E-state index is -0.168. The van der Waals surface area contributed by atoms with Crippen LogP contribution >= 0.6 is 0 Å². The zero-order valence-electron chi connectivity index (χ0n) is 22.4. The lowest BCUT2D eigenvalue weighted by Gasteiger charge is -2.49. The summed E-state index contributed by atoms with van der Waals surface area (Å²) in [4.78, 5) is 24.7. The molecular formula is C33H33N3O2. The summed E-state index contributed by atoms with van der Waals surface area (Å²) in [6.45, 7) is 8.44. The number of rotatable bonds is 1. The van der Waals surface area contributed by atoms with Crippen molar-refractivity contribution in [2.45, 2.75) is 58.5 Å². The first kappa shape index (κ1) is 24.5. The Labute approximate surface area is 223 Å². The number of fused-ring (bicyclic) bond motifs is 9. The first-order valence-electron chi connectivity index (χ1n) is 13.6. The van der Waals surface area contributed by atoms with Crippen LogP contribution in [0.5, 0.6) is 5.75 Å². The molecule has 1 aliphatic carbocycles. The normalized spacial score (nSPS) is 21.6. The number of nitrogens with zero attached hydrogens (tertiary/aromatic N) is 3. The number of carbonyl (C=O) groups excluding carboxylic acids is 1. The number of carbonyl (C=O) groups is 1. The molecule has 192 valence electrons. The van der Waals surface area contributed by atoms with Gasteiger partial charge in [-0.1, -0.05) is 55.8 Å². The van der Waals surface area contributed by atoms with E-state index in [-0.39, 0.29) is 11.4 Å². The van der Waals surface area contributed by atoms with Crippen LogP contribution in [-0.2, 0) is 0 Å². The Morgan fingerprint density at radius 2 is 1.53 bits per heavy atom. The molecule has 0 bridgehead atoms. The Kier molecular flexibility index (Phi) is 6.10. The van der Waals surface area contributed by atoms with Gasteiger partial charge < -0.3 is 4.74 Å². The predicted molar refractivity (Wildman–Crippen MR) is 153 cm³/mol. The van der Waals surface area contributed by atoms with Gasteiger partial charge in [0, 0.05) is 35.4 Å². The molecule has 2 aliphatic rings. The molecule has 1 aliphatic heterocycles. The minimum absolute atomic E-state index is 0.00981. The van der Waals surface area contributed by atoms with Crippen LogP contribution in [0.1, 0.15) is 68.9 Å². The third-order valence-corrected chi connectivity index (χ3v) is 8.26. The molecule has 5 nitrogen and oxygen atoms in total. The van der Waals surface area contributed by atoms with E-state index in [1.54, 1.807) is 24.4 Å². The van der Waals surface area contributed by atoms with E-state index in [9.17, 15) is 4.79 Å². The molecule has 0 spiro atoms. The summed E-state index contributed by atoms with van der Waals surface area (Å²) in [5.41, 5.74) is 5.62. The number of pyridine rings is 1. The van der Waals surface area contributed by atoms with Crippen molar-refractivity contribution < 1.29 is 9.53 Å². The van der Waals surface area contributed by atoms with E-state index in [0.29, 0.717) is 17.5 Å². The third-order valence-electron chi connectivity index (χ3n) is 8.26. The van der Waals surface area contributed by atoms with Crippen molar-refractivity contribution in [1.29, 1.82) is 0 Å². The van der Waals surface area contributed by atoms with Gasteiger partial charge >= 0.3 is 0 Å². The fourth-order valence-electron chi connectivity index (χ4n) is 6.41. The lowest BCUT2D eigenvalue weighted by molar-refractivity contribution is -0.0115. The van der Waals surface area contributed by atoms with Crippen molar-refractivity contribution in [1.82, 2.24) is 15.0 Å². The second kappa shape index (κ2) is 9.46. The Morgan fingerprint density at radius 3 is 2.18 bits per heavy atom. The average Bonchev–Trinajstić information content (AvgIpc) is 2.92. The summed E-state index contributed by atoms with van der Waals surface area (Å²) in [7, 11) is 0. The van der Waals surface area contributed by atoms with Gasteiger partial charge in [0.2, 0.25) is 0 Å². The number of benzene rings is 3. The lowest BCUT2D eigenvalue weighted by atomic mass is 9.64. The summed E-state index contributed by atoms with van der Waals surface area (Å²) in [6.07, 6.45) is 5.31. The summed E-state index contributed by atoms with van der Waals surface area (Å²) >= 11 is 0. The fourth-order valence-corrected chi connectivity index (χ4v) is 6.41. The zero-order valence-corrected chi connectivity index (χ0v) is 22.4. The molecule has 3 atom stereocenters. The zero-order chi connectivity index (χ0) is 26.4. The first-order valence-corrected chi connectivity index (χ1v) is 13.6. The molecule has 38 heavy (non-hydrogen) atoms. The van der Waals surface area contributed by atoms with Crippen LogP contribution in [0.4, 0.5) is 0 Å². The molecular weight excluding hydrogens is 470 g/mol. The average molecular weight is 504 g/mol. The monoisotopic (exact) mass is 503 g/mol. The van der Waals surface area contributed by atoms with Gasteiger partial charge in [0.05, 0.1) is 22.1 Å². The summed E-state index contributed by atoms with van der Waals surface area (Å²) in [5.74, 6) is 2.77. The Hall–Kier alpha value is -3.86. The van der Waals surface area contributed by atoms with E-state index in [0.717, 1.165) is 39.1 Å². The molecule has 1 saturated carbocycles. The predicted octanol–water partition coefficient (Wildman–Crippen LogP) is 7.91. The van der Waals surface area contributed by atoms with E-state index in [4.69, 9.17) is 14.7 Å². The van der Waals surface area contributed by atoms with Gasteiger partial charge in [-0.2, -0.15) is 0 Å². The van der Waals surface area contributed by atoms with Crippen LogP contribution in [0.2, 0.25) is 0 Å². The molecule has 5 heteroatoms. The van der Waals surface area contributed by atoms with Gasteiger partial charge in [-0.3, -0.25) is 9.78 Å². The topological polar surface area (TPSA) is 65.0 Å². The molecule has 7 rings (SSSR count). The number of hydrogen-bond donors (Lipinski definition) is 0. The van der Waals surface area contributed by atoms with E-state index < -0.39 is 0 Å². The van der Waals surface area contributed by atoms with Crippen molar-refractivity contribution in [2.75, 3.05) is 0 Å². The number of Topliss-reactive ketones (excluding diaryl/α,β-unsaturated/α-hetero) is 1. The third kappa shape index (κ3) is 4.20. The van der Waals surface area contributed by atoms with Crippen LogP contribution in [0.3, 0.4) is 0 Å². The minimum Gasteiger partial charge on any atom is -0.487 e. The van der Waals surface area contributed by atoms with Crippen LogP contribution in [0.15, 0.2) is 72.9 Å². The van der Waals surface area contributed by atoms with Crippen LogP contribution in [0.25, 0.3) is 32.8 Å². The number of ketones is 1. The molecule has 5 aromatic rings. The second-order valence-electron chi connectivity index (χ2n) is 11.3. The van der Waals surface area contributed by atoms with E-state index in [2.05, 4.69) is 62.2 Å². The van der Waals surface area contributed by atoms with Crippen LogP contribution in [0, 0.1) is 11.8 Å². The van der Waals surface area contributed by atoms with Crippen LogP contribution in [-0.4, -0.2) is 26.3 Å². The Balaban J connectivity index is 0.000000251. The van der Waals surface area contributed by atoms with Crippen molar-refractivity contribution in [3.63, 3.8) is 0 Å². The number of aromatic nitrogens is 3. The lowest BCUT2D eigenvalue weighted by Crippen LogP contribution is -2.46. The van der Waals surface area contributed by atoms with Gasteiger partial charge in [-0.15, -0.1) is 0 Å². The second-order valence-corrected chi connectivity index (χ2v) is 11.3. The SMILES string of the molecule is CC(=O)c1ccccn1.CC1CCC2C(C1)c1c(c3ccccc3c3nc4ccccc4nc13)OC2(C)C. The highest BCUT2D eigenvalue weighted by Gasteiger charge is 2.47. The highest BCUT2D eigenvalue weighted by atomic mass is 16.5. The van der Waals surface area contributed by atoms with Crippen molar-refractivity contribution in [2.24, 2.45) is 11.8 Å². The Bertz CT molecular complexity index is 1660. The largest absolute Gasteiger partial charge is 0.487 e. The van der Waals surface area contributed by atoms with Crippen molar-refractivity contribution in [3.8, 4) is 5.75 Å². The maximum Gasteiger partial charge on any atom is 0.178 e. The van der Waals surface area contributed by atoms with Gasteiger partial charge in [-0.05, 0) is 62.8 Å². The van der Waals surface area contributed by atoms with E-state index in [1.165, 1.54) is 37.1 Å². The van der Waals surface area contributed by atoms with Crippen molar-refractivity contribution >= 4 is 38.6 Å². The van der Waals surface area contributed by atoms with Crippen LogP contribution < -0.4 is 4.74 Å². The van der Waals surface area contributed by atoms with Gasteiger partial charge in [0.1, 0.15) is 17.0 Å². The molecule has 1 fully saturated rings. The fraction of sp³-hybridized carbons (Fsp3) is 0.333. The number of hydrogen-bond acceptors (Lipinski definition) is 5. The molecule has 0 N–H and O–H groups in total. The standard InChI is InChI=1S/C26H26N2O.C7H7NO/c1-15-12-13-19-18(14-15)22-24-23(27-20-10-6-7-11-21(20)28-24)16-8-4-5-9-17(16)25(22)29-26(19,2)3;1-6(9)7-4-2-3-5-8-7/h4-11,15,18-19H,12-14H2,1-3H3;2-5H,1H3. The summed E-state index contributed by atoms with van der Waals surface area (Å²) in [6, 6.07) is 22.0. The van der Waals surface area contributed by atoms with Gasteiger partial charge in [-0.25, -0.2) is 9.97 Å². The summed E-state index contributed by atoms with van der Waals surface area (Å²) < 4.78 is 6.79. The van der Waals surface area contributed by atoms with Gasteiger partial charge in [0.15, 0.2) is 5.78 Å².